The van der Waals surface area contributed by atoms with Gasteiger partial charge in [0.15, 0.2) is 23.0 Å². The Morgan fingerprint density at radius 1 is 0.758 bits per heavy atom. The number of benzene rings is 2. The van der Waals surface area contributed by atoms with Crippen molar-refractivity contribution in [3.8, 4) is 40.1 Å². The number of pyridine rings is 1. The van der Waals surface area contributed by atoms with Crippen molar-refractivity contribution >= 4 is 22.5 Å². The number of methoxy groups -OCH3 is 5. The van der Waals surface area contributed by atoms with E-state index in [1.54, 1.807) is 41.7 Å². The van der Waals surface area contributed by atoms with Crippen LogP contribution in [-0.4, -0.2) is 50.1 Å². The minimum atomic E-state index is 0.528. The summed E-state index contributed by atoms with van der Waals surface area (Å²) < 4.78 is 29.1. The van der Waals surface area contributed by atoms with Crippen LogP contribution in [0.1, 0.15) is 0 Å². The normalized spacial score (nSPS) is 10.7. The number of anilines is 2. The van der Waals surface area contributed by atoms with Crippen LogP contribution >= 0.6 is 0 Å². The van der Waals surface area contributed by atoms with Crippen LogP contribution in [0.5, 0.6) is 28.7 Å². The summed E-state index contributed by atoms with van der Waals surface area (Å²) in [5, 5.41) is 3.30. The van der Waals surface area contributed by atoms with Gasteiger partial charge in [0.1, 0.15) is 17.2 Å². The molecule has 1 N–H and O–H groups in total. The molecule has 0 fully saturated rings. The molecule has 0 atom stereocenters. The SMILES string of the molecule is COc1ccc(-c2nc3cnc(Nc4cc(OC)c(OC)c(OC)c4)cc3n2C)cc1OC. The molecule has 0 saturated carbocycles. The number of ether oxygens (including phenoxy) is 5. The molecule has 2 heterocycles. The number of aromatic nitrogens is 3. The fourth-order valence-electron chi connectivity index (χ4n) is 3.70. The molecule has 0 aliphatic heterocycles. The number of fused-ring (bicyclic) bond motifs is 1. The van der Waals surface area contributed by atoms with Crippen molar-refractivity contribution in [1.29, 1.82) is 0 Å². The summed E-state index contributed by atoms with van der Waals surface area (Å²) in [5.41, 5.74) is 3.35. The average Bonchev–Trinajstić information content (AvgIpc) is 3.18. The average molecular weight is 450 g/mol. The molecule has 0 aliphatic rings. The summed E-state index contributed by atoms with van der Waals surface area (Å²) in [4.78, 5) is 9.28. The van der Waals surface area contributed by atoms with E-state index in [9.17, 15) is 0 Å². The quantitative estimate of drug-likeness (QED) is 0.422. The highest BCUT2D eigenvalue weighted by atomic mass is 16.5. The van der Waals surface area contributed by atoms with E-state index < -0.39 is 0 Å². The van der Waals surface area contributed by atoms with Crippen molar-refractivity contribution in [2.75, 3.05) is 40.9 Å². The van der Waals surface area contributed by atoms with E-state index in [-0.39, 0.29) is 0 Å². The number of imidazole rings is 1. The molecule has 4 rings (SSSR count). The summed E-state index contributed by atoms with van der Waals surface area (Å²) in [6.45, 7) is 0. The monoisotopic (exact) mass is 450 g/mol. The second kappa shape index (κ2) is 9.15. The van der Waals surface area contributed by atoms with Gasteiger partial charge in [-0.1, -0.05) is 0 Å². The number of nitrogens with zero attached hydrogens (tertiary/aromatic N) is 3. The van der Waals surface area contributed by atoms with Gasteiger partial charge in [0.25, 0.3) is 0 Å². The van der Waals surface area contributed by atoms with E-state index in [0.717, 1.165) is 28.1 Å². The van der Waals surface area contributed by atoms with Gasteiger partial charge in [-0.25, -0.2) is 9.97 Å². The van der Waals surface area contributed by atoms with Gasteiger partial charge >= 0.3 is 0 Å². The summed E-state index contributed by atoms with van der Waals surface area (Å²) in [6.07, 6.45) is 1.74. The van der Waals surface area contributed by atoms with Gasteiger partial charge in [-0.3, -0.25) is 0 Å². The summed E-state index contributed by atoms with van der Waals surface area (Å²) in [6, 6.07) is 11.3. The van der Waals surface area contributed by atoms with Crippen LogP contribution in [0.3, 0.4) is 0 Å². The first-order chi connectivity index (χ1) is 16.0. The van der Waals surface area contributed by atoms with Crippen molar-refractivity contribution in [2.45, 2.75) is 0 Å². The lowest BCUT2D eigenvalue weighted by Gasteiger charge is -2.15. The van der Waals surface area contributed by atoms with Crippen LogP contribution in [0.4, 0.5) is 11.5 Å². The fourth-order valence-corrected chi connectivity index (χ4v) is 3.70. The molecule has 0 amide bonds. The maximum Gasteiger partial charge on any atom is 0.203 e. The molecular weight excluding hydrogens is 424 g/mol. The predicted octanol–water partition coefficient (Wildman–Crippen LogP) is 4.42. The Kier molecular flexibility index (Phi) is 6.12. The molecule has 0 bridgehead atoms. The molecule has 172 valence electrons. The van der Waals surface area contributed by atoms with E-state index >= 15 is 0 Å². The van der Waals surface area contributed by atoms with Gasteiger partial charge in [-0.15, -0.1) is 0 Å². The van der Waals surface area contributed by atoms with Crippen molar-refractivity contribution in [3.63, 3.8) is 0 Å². The Morgan fingerprint density at radius 3 is 2.03 bits per heavy atom. The summed E-state index contributed by atoms with van der Waals surface area (Å²) in [7, 11) is 9.92. The molecule has 4 aromatic rings. The Labute approximate surface area is 191 Å². The molecule has 33 heavy (non-hydrogen) atoms. The topological polar surface area (TPSA) is 88.9 Å². The fraction of sp³-hybridized carbons (Fsp3) is 0.250. The van der Waals surface area contributed by atoms with E-state index in [4.69, 9.17) is 28.7 Å². The smallest absolute Gasteiger partial charge is 0.203 e. The van der Waals surface area contributed by atoms with Gasteiger partial charge in [-0.2, -0.15) is 0 Å². The predicted molar refractivity (Wildman–Crippen MR) is 126 cm³/mol. The van der Waals surface area contributed by atoms with Gasteiger partial charge in [0.2, 0.25) is 5.75 Å². The van der Waals surface area contributed by atoms with Crippen LogP contribution in [-0.2, 0) is 7.05 Å². The van der Waals surface area contributed by atoms with E-state index in [2.05, 4.69) is 10.3 Å². The molecule has 9 heteroatoms. The highest BCUT2D eigenvalue weighted by Gasteiger charge is 2.16. The van der Waals surface area contributed by atoms with Crippen molar-refractivity contribution < 1.29 is 23.7 Å². The van der Waals surface area contributed by atoms with Crippen molar-refractivity contribution in [2.24, 2.45) is 7.05 Å². The number of hydrogen-bond acceptors (Lipinski definition) is 8. The van der Waals surface area contributed by atoms with Gasteiger partial charge in [0.05, 0.1) is 47.3 Å². The second-order valence-corrected chi connectivity index (χ2v) is 7.16. The Morgan fingerprint density at radius 2 is 1.42 bits per heavy atom. The molecule has 2 aromatic heterocycles. The molecular formula is C24H26N4O5. The summed E-state index contributed by atoms with van der Waals surface area (Å²) in [5.74, 6) is 4.38. The Bertz CT molecular complexity index is 1280. The third kappa shape index (κ3) is 4.05. The first-order valence-electron chi connectivity index (χ1n) is 10.1. The standard InChI is InChI=1S/C24H26N4O5/c1-28-17-12-22(26-15-10-20(31-4)23(33-6)21(11-15)32-5)25-13-16(17)27-24(28)14-7-8-18(29-2)19(9-14)30-3/h7-13H,1-6H3,(H,25,26). The maximum absolute atomic E-state index is 5.44. The number of aryl methyl sites for hydroxylation is 1. The zero-order chi connectivity index (χ0) is 23.5. The van der Waals surface area contributed by atoms with Crippen molar-refractivity contribution in [3.05, 3.63) is 42.6 Å². The summed E-state index contributed by atoms with van der Waals surface area (Å²) >= 11 is 0. The van der Waals surface area contributed by atoms with Crippen LogP contribution in [0.2, 0.25) is 0 Å². The number of rotatable bonds is 8. The highest BCUT2D eigenvalue weighted by molar-refractivity contribution is 5.83. The maximum atomic E-state index is 5.44. The first-order valence-corrected chi connectivity index (χ1v) is 10.1. The van der Waals surface area contributed by atoms with E-state index in [0.29, 0.717) is 34.6 Å². The van der Waals surface area contributed by atoms with E-state index in [1.807, 2.05) is 48.0 Å². The zero-order valence-corrected chi connectivity index (χ0v) is 19.4. The third-order valence-electron chi connectivity index (χ3n) is 5.35. The highest BCUT2D eigenvalue weighted by Crippen LogP contribution is 2.40. The minimum Gasteiger partial charge on any atom is -0.493 e. The van der Waals surface area contributed by atoms with Crippen LogP contribution in [0.25, 0.3) is 22.4 Å². The molecule has 0 aliphatic carbocycles. The van der Waals surface area contributed by atoms with Crippen LogP contribution in [0.15, 0.2) is 42.6 Å². The number of hydrogen-bond donors (Lipinski definition) is 1. The lowest BCUT2D eigenvalue weighted by molar-refractivity contribution is 0.324. The zero-order valence-electron chi connectivity index (χ0n) is 19.4. The third-order valence-corrected chi connectivity index (χ3v) is 5.35. The van der Waals surface area contributed by atoms with Gasteiger partial charge in [0, 0.05) is 36.5 Å². The minimum absolute atomic E-state index is 0.528. The molecule has 9 nitrogen and oxygen atoms in total. The van der Waals surface area contributed by atoms with Gasteiger partial charge in [-0.05, 0) is 18.2 Å². The molecule has 2 aromatic carbocycles. The van der Waals surface area contributed by atoms with Gasteiger partial charge < -0.3 is 33.6 Å². The number of nitrogens with one attached hydrogen (secondary N) is 1. The van der Waals surface area contributed by atoms with E-state index in [1.165, 1.54) is 0 Å². The first kappa shape index (κ1) is 22.1. The van der Waals surface area contributed by atoms with Crippen LogP contribution < -0.4 is 29.0 Å². The Balaban J connectivity index is 1.71. The molecule has 0 spiro atoms. The Hall–Kier alpha value is -4.14. The molecule has 0 unspecified atom stereocenters. The second-order valence-electron chi connectivity index (χ2n) is 7.16. The largest absolute Gasteiger partial charge is 0.493 e. The molecule has 0 radical (unpaired) electrons. The van der Waals surface area contributed by atoms with Crippen molar-refractivity contribution in [1.82, 2.24) is 14.5 Å². The molecule has 0 saturated heterocycles. The lowest BCUT2D eigenvalue weighted by atomic mass is 10.2. The van der Waals surface area contributed by atoms with Crippen LogP contribution in [0, 0.1) is 0 Å². The lowest BCUT2D eigenvalue weighted by Crippen LogP contribution is -1.99.